The topological polar surface area (TPSA) is 9.23 Å². The molecule has 1 nitrogen and oxygen atoms in total. The minimum atomic E-state index is 0.342. The molecule has 1 fully saturated rings. The molecular weight excluding hydrogens is 312 g/mol. The number of rotatable bonds is 4. The molecule has 1 aromatic rings. The first kappa shape index (κ1) is 14.2. The quantitative estimate of drug-likeness (QED) is 0.638. The average molecular weight is 332 g/mol. The smallest absolute Gasteiger partial charge is 0.123 e. The van der Waals surface area contributed by atoms with Crippen molar-refractivity contribution < 1.29 is 4.74 Å². The predicted octanol–water partition coefficient (Wildman–Crippen LogP) is 5.76. The van der Waals surface area contributed by atoms with Crippen LogP contribution in [0, 0.1) is 5.92 Å². The van der Waals surface area contributed by atoms with Gasteiger partial charge < -0.3 is 4.74 Å². The van der Waals surface area contributed by atoms with Crippen molar-refractivity contribution in [1.29, 1.82) is 0 Å². The summed E-state index contributed by atoms with van der Waals surface area (Å²) in [4.78, 5) is 0.342. The van der Waals surface area contributed by atoms with Crippen LogP contribution in [0.25, 0.3) is 0 Å². The van der Waals surface area contributed by atoms with Gasteiger partial charge in [-0.05, 0) is 30.5 Å². The lowest BCUT2D eigenvalue weighted by molar-refractivity contribution is 0.336. The van der Waals surface area contributed by atoms with Gasteiger partial charge in [-0.15, -0.1) is 0 Å². The fraction of sp³-hybridized carbons (Fsp3) is 0.600. The minimum Gasteiger partial charge on any atom is -0.496 e. The van der Waals surface area contributed by atoms with Crippen LogP contribution in [0.4, 0.5) is 0 Å². The first-order chi connectivity index (χ1) is 8.70. The highest BCUT2D eigenvalue weighted by atomic mass is 79.9. The fourth-order valence-electron chi connectivity index (χ4n) is 2.79. The Morgan fingerprint density at radius 2 is 2.06 bits per heavy atom. The number of hydrogen-bond donors (Lipinski definition) is 0. The van der Waals surface area contributed by atoms with Crippen molar-refractivity contribution in [2.24, 2.45) is 5.92 Å². The fourth-order valence-corrected chi connectivity index (χ4v) is 3.86. The van der Waals surface area contributed by atoms with E-state index in [1.165, 1.54) is 44.1 Å². The van der Waals surface area contributed by atoms with E-state index >= 15 is 0 Å². The average Bonchev–Trinajstić information content (AvgIpc) is 2.40. The number of alkyl halides is 1. The lowest BCUT2D eigenvalue weighted by atomic mass is 9.85. The van der Waals surface area contributed by atoms with E-state index in [4.69, 9.17) is 16.3 Å². The maximum Gasteiger partial charge on any atom is 0.123 e. The van der Waals surface area contributed by atoms with Gasteiger partial charge in [0.05, 0.1) is 7.11 Å². The van der Waals surface area contributed by atoms with E-state index in [1.807, 2.05) is 18.2 Å². The lowest BCUT2D eigenvalue weighted by Gasteiger charge is -2.24. The molecule has 0 N–H and O–H groups in total. The van der Waals surface area contributed by atoms with Crippen LogP contribution in [-0.4, -0.2) is 7.11 Å². The molecule has 3 heteroatoms. The molecule has 0 amide bonds. The third-order valence-electron chi connectivity index (χ3n) is 3.79. The van der Waals surface area contributed by atoms with Crippen LogP contribution in [0.15, 0.2) is 18.2 Å². The summed E-state index contributed by atoms with van der Waals surface area (Å²) in [6.07, 6.45) is 8.09. The van der Waals surface area contributed by atoms with E-state index < -0.39 is 0 Å². The molecule has 18 heavy (non-hydrogen) atoms. The first-order valence-corrected chi connectivity index (χ1v) is 7.97. The van der Waals surface area contributed by atoms with Crippen molar-refractivity contribution >= 4 is 27.5 Å². The van der Waals surface area contributed by atoms with E-state index in [1.54, 1.807) is 7.11 Å². The van der Waals surface area contributed by atoms with Crippen LogP contribution < -0.4 is 4.74 Å². The maximum atomic E-state index is 6.08. The molecule has 1 aliphatic carbocycles. The van der Waals surface area contributed by atoms with Gasteiger partial charge >= 0.3 is 0 Å². The molecule has 0 bridgehead atoms. The standard InChI is InChI=1S/C15H20BrClO/c1-18-15-8-7-12(17)10-13(15)14(16)9-11-5-3-2-4-6-11/h7-8,10-11,14H,2-6,9H2,1H3. The number of benzene rings is 1. The maximum absolute atomic E-state index is 6.08. The second kappa shape index (κ2) is 6.81. The Labute approximate surface area is 123 Å². The molecule has 0 heterocycles. The van der Waals surface area contributed by atoms with Gasteiger partial charge in [-0.3, -0.25) is 0 Å². The number of methoxy groups -OCH3 is 1. The molecule has 1 aromatic carbocycles. The van der Waals surface area contributed by atoms with Crippen LogP contribution in [0.1, 0.15) is 48.9 Å². The SMILES string of the molecule is COc1ccc(Cl)cc1C(Br)CC1CCCCC1. The summed E-state index contributed by atoms with van der Waals surface area (Å²) in [6, 6.07) is 5.85. The molecule has 2 rings (SSSR count). The molecule has 0 aliphatic heterocycles. The second-order valence-corrected chi connectivity index (χ2v) is 6.64. The van der Waals surface area contributed by atoms with Gasteiger partial charge in [-0.25, -0.2) is 0 Å². The van der Waals surface area contributed by atoms with E-state index in [9.17, 15) is 0 Å². The normalized spacial score (nSPS) is 18.6. The van der Waals surface area contributed by atoms with Crippen molar-refractivity contribution in [3.63, 3.8) is 0 Å². The molecule has 0 radical (unpaired) electrons. The van der Waals surface area contributed by atoms with Gasteiger partial charge in [0.15, 0.2) is 0 Å². The van der Waals surface area contributed by atoms with Crippen molar-refractivity contribution in [3.8, 4) is 5.75 Å². The summed E-state index contributed by atoms with van der Waals surface area (Å²) in [5, 5.41) is 0.777. The van der Waals surface area contributed by atoms with Gasteiger partial charge in [0, 0.05) is 15.4 Å². The summed E-state index contributed by atoms with van der Waals surface area (Å²) in [5.41, 5.74) is 1.18. The summed E-state index contributed by atoms with van der Waals surface area (Å²) >= 11 is 9.89. The van der Waals surface area contributed by atoms with Crippen molar-refractivity contribution in [3.05, 3.63) is 28.8 Å². The zero-order chi connectivity index (χ0) is 13.0. The summed E-state index contributed by atoms with van der Waals surface area (Å²) in [6.45, 7) is 0. The highest BCUT2D eigenvalue weighted by molar-refractivity contribution is 9.09. The molecule has 0 aromatic heterocycles. The number of ether oxygens (including phenoxy) is 1. The Morgan fingerprint density at radius 3 is 2.72 bits per heavy atom. The highest BCUT2D eigenvalue weighted by Crippen LogP contribution is 2.40. The molecule has 1 saturated carbocycles. The minimum absolute atomic E-state index is 0.342. The van der Waals surface area contributed by atoms with Crippen LogP contribution in [0.3, 0.4) is 0 Å². The van der Waals surface area contributed by atoms with Gasteiger partial charge in [-0.1, -0.05) is 59.6 Å². The van der Waals surface area contributed by atoms with Gasteiger partial charge in [-0.2, -0.15) is 0 Å². The van der Waals surface area contributed by atoms with E-state index in [0.29, 0.717) is 4.83 Å². The third-order valence-corrected chi connectivity index (χ3v) is 4.90. The van der Waals surface area contributed by atoms with E-state index in [2.05, 4.69) is 15.9 Å². The molecule has 1 aliphatic rings. The van der Waals surface area contributed by atoms with E-state index in [0.717, 1.165) is 16.7 Å². The Kier molecular flexibility index (Phi) is 5.38. The van der Waals surface area contributed by atoms with Crippen molar-refractivity contribution in [2.45, 2.75) is 43.4 Å². The second-order valence-electron chi connectivity index (χ2n) is 5.09. The Balaban J connectivity index is 2.07. The summed E-state index contributed by atoms with van der Waals surface area (Å²) in [5.74, 6) is 1.77. The predicted molar refractivity (Wildman–Crippen MR) is 80.9 cm³/mol. The van der Waals surface area contributed by atoms with Crippen LogP contribution in [0.5, 0.6) is 5.75 Å². The van der Waals surface area contributed by atoms with Crippen molar-refractivity contribution in [2.75, 3.05) is 7.11 Å². The molecule has 0 spiro atoms. The van der Waals surface area contributed by atoms with Crippen molar-refractivity contribution in [1.82, 2.24) is 0 Å². The van der Waals surface area contributed by atoms with Crippen LogP contribution in [-0.2, 0) is 0 Å². The van der Waals surface area contributed by atoms with Gasteiger partial charge in [0.25, 0.3) is 0 Å². The van der Waals surface area contributed by atoms with Gasteiger partial charge in [0.2, 0.25) is 0 Å². The monoisotopic (exact) mass is 330 g/mol. The molecule has 1 atom stereocenters. The third kappa shape index (κ3) is 3.64. The van der Waals surface area contributed by atoms with Gasteiger partial charge in [0.1, 0.15) is 5.75 Å². The summed E-state index contributed by atoms with van der Waals surface area (Å²) < 4.78 is 5.42. The molecular formula is C15H20BrClO. The molecule has 1 unspecified atom stereocenters. The zero-order valence-corrected chi connectivity index (χ0v) is 13.1. The lowest BCUT2D eigenvalue weighted by Crippen LogP contribution is -2.09. The first-order valence-electron chi connectivity index (χ1n) is 6.68. The highest BCUT2D eigenvalue weighted by Gasteiger charge is 2.20. The van der Waals surface area contributed by atoms with Crippen LogP contribution >= 0.6 is 27.5 Å². The van der Waals surface area contributed by atoms with E-state index in [-0.39, 0.29) is 0 Å². The van der Waals surface area contributed by atoms with Crippen LogP contribution in [0.2, 0.25) is 5.02 Å². The Bertz CT molecular complexity index is 388. The number of halogens is 2. The number of hydrogen-bond acceptors (Lipinski definition) is 1. The Hall–Kier alpha value is -0.210. The Morgan fingerprint density at radius 1 is 1.33 bits per heavy atom. The largest absolute Gasteiger partial charge is 0.496 e. The zero-order valence-electron chi connectivity index (χ0n) is 10.8. The molecule has 0 saturated heterocycles. The summed E-state index contributed by atoms with van der Waals surface area (Å²) in [7, 11) is 1.72. The molecule has 100 valence electrons.